The second-order valence-electron chi connectivity index (χ2n) is 8.04. The van der Waals surface area contributed by atoms with Gasteiger partial charge in [-0.1, -0.05) is 17.7 Å². The van der Waals surface area contributed by atoms with Gasteiger partial charge in [-0.3, -0.25) is 4.79 Å². The van der Waals surface area contributed by atoms with Crippen molar-refractivity contribution >= 4 is 50.4 Å². The van der Waals surface area contributed by atoms with E-state index in [1.165, 1.54) is 10.1 Å². The van der Waals surface area contributed by atoms with Crippen LogP contribution in [0.25, 0.3) is 10.1 Å². The van der Waals surface area contributed by atoms with E-state index in [0.717, 1.165) is 68.6 Å². The van der Waals surface area contributed by atoms with Crippen molar-refractivity contribution in [2.75, 3.05) is 49.1 Å². The van der Waals surface area contributed by atoms with Gasteiger partial charge in [0.15, 0.2) is 0 Å². The Labute approximate surface area is 185 Å². The number of fused-ring (bicyclic) bond motifs is 1. The summed E-state index contributed by atoms with van der Waals surface area (Å²) in [6.45, 7) is 4.95. The summed E-state index contributed by atoms with van der Waals surface area (Å²) in [7, 11) is 0. The Balaban J connectivity index is 1.24. The first-order valence-electron chi connectivity index (χ1n) is 10.6. The number of nitrogens with zero attached hydrogens (tertiary/aromatic N) is 4. The molecule has 0 saturated carbocycles. The van der Waals surface area contributed by atoms with E-state index < -0.39 is 0 Å². The Hall–Kier alpha value is -2.31. The fraction of sp³-hybridized carbons (Fsp3) is 0.391. The second kappa shape index (κ2) is 8.44. The number of amides is 1. The van der Waals surface area contributed by atoms with Gasteiger partial charge in [-0.2, -0.15) is 0 Å². The third-order valence-electron chi connectivity index (χ3n) is 6.19. The Morgan fingerprint density at radius 1 is 1.07 bits per heavy atom. The number of pyridine rings is 1. The molecule has 0 bridgehead atoms. The maximum atomic E-state index is 13.3. The molecule has 2 aromatic heterocycles. The topological polar surface area (TPSA) is 39.7 Å². The average Bonchev–Trinajstić information content (AvgIpc) is 3.28. The molecule has 0 aliphatic carbocycles. The number of halogens is 1. The lowest BCUT2D eigenvalue weighted by Crippen LogP contribution is -2.52. The van der Waals surface area contributed by atoms with Crippen LogP contribution in [-0.2, 0) is 4.79 Å². The molecule has 2 saturated heterocycles. The molecule has 5 rings (SSSR count). The van der Waals surface area contributed by atoms with Crippen molar-refractivity contribution in [3.05, 3.63) is 53.0 Å². The summed E-state index contributed by atoms with van der Waals surface area (Å²) >= 11 is 7.88. The first-order valence-corrected chi connectivity index (χ1v) is 11.8. The van der Waals surface area contributed by atoms with E-state index in [4.69, 9.17) is 11.6 Å². The van der Waals surface area contributed by atoms with E-state index >= 15 is 0 Å². The van der Waals surface area contributed by atoms with Crippen molar-refractivity contribution in [3.8, 4) is 0 Å². The standard InChI is InChI=1S/C23H25ClN4OS/c24-18-4-1-5-19(15-18)26-10-12-27(13-11-26)23(29)17-3-2-9-28(16-17)22-20-7-14-30-21(20)6-8-25-22/h1,4-8,14-15,17H,2-3,9-13,16H2. The van der Waals surface area contributed by atoms with Crippen LogP contribution in [0.2, 0.25) is 5.02 Å². The number of anilines is 2. The summed E-state index contributed by atoms with van der Waals surface area (Å²) < 4.78 is 1.26. The van der Waals surface area contributed by atoms with Gasteiger partial charge >= 0.3 is 0 Å². The number of piperazine rings is 1. The van der Waals surface area contributed by atoms with E-state index in [-0.39, 0.29) is 5.92 Å². The molecule has 2 aliphatic heterocycles. The van der Waals surface area contributed by atoms with Crippen LogP contribution < -0.4 is 9.80 Å². The zero-order valence-corrected chi connectivity index (χ0v) is 18.4. The smallest absolute Gasteiger partial charge is 0.227 e. The molecule has 0 radical (unpaired) electrons. The van der Waals surface area contributed by atoms with Crippen LogP contribution in [0.5, 0.6) is 0 Å². The number of carbonyl (C=O) groups is 1. The summed E-state index contributed by atoms with van der Waals surface area (Å²) in [6, 6.07) is 12.2. The first kappa shape index (κ1) is 19.6. The quantitative estimate of drug-likeness (QED) is 0.600. The maximum absolute atomic E-state index is 13.3. The molecule has 156 valence electrons. The van der Waals surface area contributed by atoms with Crippen molar-refractivity contribution in [2.45, 2.75) is 12.8 Å². The normalized spacial score (nSPS) is 20.0. The number of carbonyl (C=O) groups excluding carboxylic acids is 1. The summed E-state index contributed by atoms with van der Waals surface area (Å²) in [6.07, 6.45) is 3.87. The van der Waals surface area contributed by atoms with E-state index in [1.807, 2.05) is 29.3 Å². The van der Waals surface area contributed by atoms with E-state index in [1.54, 1.807) is 11.3 Å². The molecule has 5 nitrogen and oxygen atoms in total. The highest BCUT2D eigenvalue weighted by Gasteiger charge is 2.32. The lowest BCUT2D eigenvalue weighted by Gasteiger charge is -2.40. The van der Waals surface area contributed by atoms with Crippen LogP contribution in [0.3, 0.4) is 0 Å². The summed E-state index contributed by atoms with van der Waals surface area (Å²) in [5.41, 5.74) is 1.13. The van der Waals surface area contributed by atoms with Gasteiger partial charge in [-0.05, 0) is 48.6 Å². The van der Waals surface area contributed by atoms with Crippen molar-refractivity contribution in [1.29, 1.82) is 0 Å². The number of thiophene rings is 1. The van der Waals surface area contributed by atoms with E-state index in [0.29, 0.717) is 5.91 Å². The molecule has 2 aliphatic rings. The van der Waals surface area contributed by atoms with Crippen LogP contribution in [0.15, 0.2) is 48.0 Å². The fourth-order valence-corrected chi connectivity index (χ4v) is 5.58. The molecular formula is C23H25ClN4OS. The Kier molecular flexibility index (Phi) is 5.52. The lowest BCUT2D eigenvalue weighted by molar-refractivity contribution is -0.136. The van der Waals surface area contributed by atoms with Crippen LogP contribution in [0.1, 0.15) is 12.8 Å². The third kappa shape index (κ3) is 3.86. The van der Waals surface area contributed by atoms with Gasteiger partial charge < -0.3 is 14.7 Å². The highest BCUT2D eigenvalue weighted by Crippen LogP contribution is 2.32. The van der Waals surface area contributed by atoms with Gasteiger partial charge in [0.05, 0.1) is 5.92 Å². The molecule has 1 amide bonds. The minimum atomic E-state index is 0.0483. The van der Waals surface area contributed by atoms with Crippen molar-refractivity contribution < 1.29 is 4.79 Å². The highest BCUT2D eigenvalue weighted by molar-refractivity contribution is 7.17. The molecular weight excluding hydrogens is 416 g/mol. The minimum Gasteiger partial charge on any atom is -0.368 e. The molecule has 7 heteroatoms. The highest BCUT2D eigenvalue weighted by atomic mass is 35.5. The number of rotatable bonds is 3. The van der Waals surface area contributed by atoms with E-state index in [9.17, 15) is 4.79 Å². The fourth-order valence-electron chi connectivity index (χ4n) is 4.62. The van der Waals surface area contributed by atoms with Crippen molar-refractivity contribution in [3.63, 3.8) is 0 Å². The molecule has 2 fully saturated rings. The zero-order chi connectivity index (χ0) is 20.5. The SMILES string of the molecule is O=C(C1CCCN(c2nccc3sccc23)C1)N1CCN(c2cccc(Cl)c2)CC1. The molecule has 0 spiro atoms. The molecule has 0 N–H and O–H groups in total. The van der Waals surface area contributed by atoms with Gasteiger partial charge in [0, 0.05) is 66.3 Å². The molecule has 1 aromatic carbocycles. The van der Waals surface area contributed by atoms with Crippen molar-refractivity contribution in [2.24, 2.45) is 5.92 Å². The number of piperidine rings is 1. The van der Waals surface area contributed by atoms with Crippen LogP contribution in [0.4, 0.5) is 11.5 Å². The largest absolute Gasteiger partial charge is 0.368 e. The summed E-state index contributed by atoms with van der Waals surface area (Å²) in [4.78, 5) is 24.6. The number of aromatic nitrogens is 1. The monoisotopic (exact) mass is 440 g/mol. The van der Waals surface area contributed by atoms with Crippen LogP contribution >= 0.6 is 22.9 Å². The number of benzene rings is 1. The predicted molar refractivity (Wildman–Crippen MR) is 125 cm³/mol. The van der Waals surface area contributed by atoms with Gasteiger partial charge in [0.2, 0.25) is 5.91 Å². The average molecular weight is 441 g/mol. The lowest BCUT2D eigenvalue weighted by atomic mass is 9.96. The second-order valence-corrected chi connectivity index (χ2v) is 9.43. The summed E-state index contributed by atoms with van der Waals surface area (Å²) in [5, 5.41) is 4.07. The minimum absolute atomic E-state index is 0.0483. The van der Waals surface area contributed by atoms with Gasteiger partial charge in [0.25, 0.3) is 0 Å². The van der Waals surface area contributed by atoms with Gasteiger partial charge in [0.1, 0.15) is 5.82 Å². The zero-order valence-electron chi connectivity index (χ0n) is 16.8. The summed E-state index contributed by atoms with van der Waals surface area (Å²) in [5.74, 6) is 1.37. The Morgan fingerprint density at radius 3 is 2.77 bits per heavy atom. The molecule has 1 atom stereocenters. The maximum Gasteiger partial charge on any atom is 0.227 e. The number of hydrogen-bond donors (Lipinski definition) is 0. The number of hydrogen-bond acceptors (Lipinski definition) is 5. The van der Waals surface area contributed by atoms with E-state index in [2.05, 4.69) is 38.4 Å². The van der Waals surface area contributed by atoms with Crippen LogP contribution in [-0.4, -0.2) is 55.1 Å². The van der Waals surface area contributed by atoms with Crippen molar-refractivity contribution in [1.82, 2.24) is 9.88 Å². The first-order chi connectivity index (χ1) is 14.7. The Morgan fingerprint density at radius 2 is 1.93 bits per heavy atom. The van der Waals surface area contributed by atoms with Crippen LogP contribution in [0, 0.1) is 5.92 Å². The van der Waals surface area contributed by atoms with Gasteiger partial charge in [-0.15, -0.1) is 11.3 Å². The molecule has 3 aromatic rings. The third-order valence-corrected chi connectivity index (χ3v) is 7.31. The molecule has 4 heterocycles. The predicted octanol–water partition coefficient (Wildman–Crippen LogP) is 4.51. The Bertz CT molecular complexity index is 1050. The van der Waals surface area contributed by atoms with Gasteiger partial charge in [-0.25, -0.2) is 4.98 Å². The molecule has 1 unspecified atom stereocenters. The molecule has 30 heavy (non-hydrogen) atoms.